The number of hydrogen-bond acceptors (Lipinski definition) is 5. The van der Waals surface area contributed by atoms with E-state index in [1.807, 2.05) is 13.8 Å². The molecule has 0 spiro atoms. The maximum Gasteiger partial charge on any atom is 0.327 e. The van der Waals surface area contributed by atoms with Crippen LogP contribution in [0, 0.1) is 5.89 Å². The molecule has 2 heterocycles. The van der Waals surface area contributed by atoms with Crippen LogP contribution in [0.3, 0.4) is 0 Å². The summed E-state index contributed by atoms with van der Waals surface area (Å²) in [5, 5.41) is 4.03. The van der Waals surface area contributed by atoms with Crippen molar-refractivity contribution < 1.29 is 27.7 Å². The summed E-state index contributed by atoms with van der Waals surface area (Å²) >= 11 is 1.42. The first-order chi connectivity index (χ1) is 14.5. The Kier molecular flexibility index (Phi) is 3.10. The van der Waals surface area contributed by atoms with E-state index < -0.39 is 51.6 Å². The molecule has 2 saturated heterocycles. The number of carboxylic acids is 1. The lowest BCUT2D eigenvalue weighted by atomic mass is 9.85. The molecule has 2 amide bonds. The van der Waals surface area contributed by atoms with E-state index in [0.717, 1.165) is 0 Å². The molecular weight excluding hydrogens is 340 g/mol. The molecule has 7 heteroatoms. The van der Waals surface area contributed by atoms with Gasteiger partial charge in [-0.1, -0.05) is 37.1 Å². The summed E-state index contributed by atoms with van der Waals surface area (Å²) in [7, 11) is 0. The smallest absolute Gasteiger partial charge is 0.327 e. The number of thioether (sulfide) groups is 1. The summed E-state index contributed by atoms with van der Waals surface area (Å²) in [6.45, 7) is 6.99. The van der Waals surface area contributed by atoms with Gasteiger partial charge in [-0.05, 0) is 26.3 Å². The number of nitrogens with zero attached hydrogens (tertiary/aromatic N) is 1. The third-order valence-corrected chi connectivity index (χ3v) is 5.85. The van der Waals surface area contributed by atoms with Gasteiger partial charge in [-0.3, -0.25) is 9.59 Å². The number of nitrogens with two attached hydrogens (primary N) is 1. The maximum atomic E-state index is 11.9. The van der Waals surface area contributed by atoms with Gasteiger partial charge in [-0.15, -0.1) is 11.8 Å². The van der Waals surface area contributed by atoms with Crippen molar-refractivity contribution in [2.45, 2.75) is 49.8 Å². The van der Waals surface area contributed by atoms with E-state index in [1.165, 1.54) is 16.7 Å². The van der Waals surface area contributed by atoms with Crippen molar-refractivity contribution in [2.24, 2.45) is 11.6 Å². The van der Waals surface area contributed by atoms with E-state index in [9.17, 15) is 14.4 Å². The molecule has 3 atom stereocenters. The zero-order valence-electron chi connectivity index (χ0n) is 21.4. The molecule has 3 rings (SSSR count). The lowest BCUT2D eigenvalue weighted by Gasteiger charge is -2.50. The van der Waals surface area contributed by atoms with E-state index in [2.05, 4.69) is 5.11 Å². The molecule has 1 aromatic rings. The second kappa shape index (κ2) is 6.71. The molecular formula is C18H24N2O4S. The van der Waals surface area contributed by atoms with Crippen LogP contribution in [0.25, 0.3) is 1.43 Å². The Labute approximate surface area is 161 Å². The molecule has 136 valence electrons. The highest BCUT2D eigenvalue weighted by molar-refractivity contribution is 8.02. The molecule has 6 nitrogen and oxygen atoms in total. The Morgan fingerprint density at radius 3 is 2.52 bits per heavy atom. The van der Waals surface area contributed by atoms with Crippen LogP contribution in [-0.4, -0.2) is 43.5 Å². The van der Waals surface area contributed by atoms with Crippen molar-refractivity contribution in [2.75, 3.05) is 0 Å². The minimum Gasteiger partial charge on any atom is -0.480 e. The van der Waals surface area contributed by atoms with E-state index >= 15 is 0 Å². The summed E-state index contributed by atoms with van der Waals surface area (Å²) in [6.07, 6.45) is -0.351. The largest absolute Gasteiger partial charge is 0.480 e. The SMILES string of the molecule is [2H]OC(=O)C1N2C(=O)[C@]([2H])(C)[C@@]2(C)SC1(C)C.[2H]c1c([2H])c([2H])c(CC(N)=O)c([2H])c1[2H]. The normalized spacial score (nSPS) is 35.8. The van der Waals surface area contributed by atoms with Crippen LogP contribution in [-0.2, 0) is 20.8 Å². The fraction of sp³-hybridized carbons (Fsp3) is 0.500. The standard InChI is InChI=1S/C10H15NO3S.C8H9NO/c1-5-7(12)11-6(8(13)14)9(2,3)15-10(5,11)4;9-8(10)6-7-4-2-1-3-5-7/h5-6H,1-4H3,(H,13,14);1-5H,6H2,(H2,9,10)/t5-,6?,10+;/m0./s1/i5D;1D,2D,3D,4D,5D/hD. The number of amides is 2. The Morgan fingerprint density at radius 2 is 2.00 bits per heavy atom. The van der Waals surface area contributed by atoms with Crippen LogP contribution in [0.2, 0.25) is 0 Å². The topological polar surface area (TPSA) is 101 Å². The maximum absolute atomic E-state index is 11.9. The molecule has 0 aliphatic carbocycles. The Hall–Kier alpha value is -2.02. The van der Waals surface area contributed by atoms with Crippen LogP contribution < -0.4 is 5.73 Å². The van der Waals surface area contributed by atoms with Gasteiger partial charge in [0.2, 0.25) is 11.8 Å². The van der Waals surface area contributed by atoms with Gasteiger partial charge >= 0.3 is 5.97 Å². The molecule has 0 aromatic heterocycles. The zero-order chi connectivity index (χ0) is 25.0. The molecule has 0 radical (unpaired) electrons. The number of carbonyl (C=O) groups is 3. The number of fused-ring (bicyclic) bond motifs is 1. The Bertz CT molecular complexity index is 975. The monoisotopic (exact) mass is 371 g/mol. The second-order valence-corrected chi connectivity index (χ2v) is 8.51. The number of aliphatic carboxylic acids is 1. The minimum atomic E-state index is -1.23. The van der Waals surface area contributed by atoms with Crippen LogP contribution in [0.1, 0.15) is 41.5 Å². The minimum absolute atomic E-state index is 0.0616. The van der Waals surface area contributed by atoms with Gasteiger partial charge in [0, 0.05) is 6.12 Å². The predicted octanol–water partition coefficient (Wildman–Crippen LogP) is 1.87. The predicted molar refractivity (Wildman–Crippen MR) is 96.8 cm³/mol. The summed E-state index contributed by atoms with van der Waals surface area (Å²) in [5.74, 6) is -3.08. The number of benzene rings is 1. The first kappa shape index (κ1) is 11.6. The van der Waals surface area contributed by atoms with Crippen molar-refractivity contribution in [1.82, 2.24) is 4.90 Å². The van der Waals surface area contributed by atoms with E-state index in [0.29, 0.717) is 0 Å². The number of β-lactam (4-membered cyclic amide) rings is 1. The van der Waals surface area contributed by atoms with Crippen LogP contribution in [0.5, 0.6) is 0 Å². The summed E-state index contributed by atoms with van der Waals surface area (Å²) in [5.41, 5.74) is 4.86. The third-order valence-electron chi connectivity index (χ3n) is 4.20. The van der Waals surface area contributed by atoms with Gasteiger partial charge in [0.25, 0.3) is 1.43 Å². The average molecular weight is 372 g/mol. The highest BCUT2D eigenvalue weighted by Crippen LogP contribution is 2.60. The Balaban J connectivity index is 0.000000229. The summed E-state index contributed by atoms with van der Waals surface area (Å²) in [6, 6.07) is -2.92. The van der Waals surface area contributed by atoms with Crippen LogP contribution in [0.15, 0.2) is 30.2 Å². The van der Waals surface area contributed by atoms with Gasteiger partial charge in [-0.25, -0.2) is 4.79 Å². The number of carbonyl (C=O) groups excluding carboxylic acids is 2. The van der Waals surface area contributed by atoms with Gasteiger partial charge in [-0.2, -0.15) is 0 Å². The number of rotatable bonds is 3. The number of hydrogen-bond donors (Lipinski definition) is 2. The average Bonchev–Trinajstić information content (AvgIpc) is 2.92. The summed E-state index contributed by atoms with van der Waals surface area (Å²) in [4.78, 5) is 34.9. The second-order valence-electron chi connectivity index (χ2n) is 6.46. The van der Waals surface area contributed by atoms with Gasteiger partial charge < -0.3 is 15.7 Å². The third kappa shape index (κ3) is 3.51. The molecule has 0 bridgehead atoms. The molecule has 3 N–H and O–H groups in total. The fourth-order valence-electron chi connectivity index (χ4n) is 3.00. The lowest BCUT2D eigenvalue weighted by Crippen LogP contribution is -2.67. The van der Waals surface area contributed by atoms with Gasteiger partial charge in [0.1, 0.15) is 6.04 Å². The molecule has 25 heavy (non-hydrogen) atoms. The van der Waals surface area contributed by atoms with E-state index in [1.54, 1.807) is 13.8 Å². The van der Waals surface area contributed by atoms with Crippen molar-refractivity contribution >= 4 is 29.5 Å². The lowest BCUT2D eigenvalue weighted by molar-refractivity contribution is -0.169. The Morgan fingerprint density at radius 1 is 1.40 bits per heavy atom. The molecule has 0 saturated carbocycles. The number of carboxylic acid groups (broad SMARTS) is 1. The quantitative estimate of drug-likeness (QED) is 0.790. The van der Waals surface area contributed by atoms with Crippen molar-refractivity contribution in [3.05, 3.63) is 35.8 Å². The van der Waals surface area contributed by atoms with Crippen molar-refractivity contribution in [3.63, 3.8) is 0 Å². The molecule has 2 fully saturated rings. The molecule has 2 aliphatic rings. The highest BCUT2D eigenvalue weighted by Gasteiger charge is 2.69. The van der Waals surface area contributed by atoms with Crippen LogP contribution in [0.4, 0.5) is 0 Å². The van der Waals surface area contributed by atoms with Gasteiger partial charge in [0.15, 0.2) is 0 Å². The molecule has 1 unspecified atom stereocenters. The number of primary amides is 1. The first-order valence-electron chi connectivity index (χ1n) is 10.9. The van der Waals surface area contributed by atoms with E-state index in [-0.39, 0.29) is 30.0 Å². The first-order valence-corrected chi connectivity index (χ1v) is 8.32. The van der Waals surface area contributed by atoms with Crippen molar-refractivity contribution in [1.29, 1.82) is 1.43 Å². The molecule has 2 aliphatic heterocycles. The fourth-order valence-corrected chi connectivity index (χ4v) is 4.86. The summed E-state index contributed by atoms with van der Waals surface area (Å²) < 4.78 is 51.1. The van der Waals surface area contributed by atoms with Gasteiger partial charge in [0.05, 0.1) is 24.0 Å². The van der Waals surface area contributed by atoms with Crippen LogP contribution >= 0.6 is 11.8 Å². The highest BCUT2D eigenvalue weighted by atomic mass is 32.2. The zero-order valence-corrected chi connectivity index (χ0v) is 15.2. The van der Waals surface area contributed by atoms with E-state index in [4.69, 9.17) is 15.4 Å². The van der Waals surface area contributed by atoms with Crippen molar-refractivity contribution in [3.8, 4) is 0 Å². The molecule has 1 aromatic carbocycles.